The number of fused-ring (bicyclic) bond motifs is 1. The Hall–Kier alpha value is -1.59. The average molecular weight is 420 g/mol. The van der Waals surface area contributed by atoms with Crippen LogP contribution in [0.15, 0.2) is 30.3 Å². The van der Waals surface area contributed by atoms with Crippen LogP contribution in [-0.2, 0) is 4.79 Å². The van der Waals surface area contributed by atoms with Crippen molar-refractivity contribution in [2.24, 2.45) is 11.8 Å². The molecule has 2 saturated heterocycles. The summed E-state index contributed by atoms with van der Waals surface area (Å²) in [5.74, 6) is 1.36. The molecule has 0 radical (unpaired) electrons. The van der Waals surface area contributed by atoms with Crippen molar-refractivity contribution in [1.29, 1.82) is 0 Å². The molecule has 4 rings (SSSR count). The maximum atomic E-state index is 13.5. The zero-order valence-corrected chi connectivity index (χ0v) is 18.2. The molecule has 0 aromatic heterocycles. The number of amides is 2. The van der Waals surface area contributed by atoms with Crippen LogP contribution in [0, 0.1) is 11.8 Å². The van der Waals surface area contributed by atoms with Gasteiger partial charge in [-0.3, -0.25) is 9.59 Å². The molecule has 1 N–H and O–H groups in total. The summed E-state index contributed by atoms with van der Waals surface area (Å²) in [5, 5.41) is 3.25. The number of halogens is 1. The lowest BCUT2D eigenvalue weighted by Gasteiger charge is -2.37. The number of piperidine rings is 1. The first-order valence-electron chi connectivity index (χ1n) is 11.0. The van der Waals surface area contributed by atoms with Crippen LogP contribution in [0.2, 0.25) is 0 Å². The van der Waals surface area contributed by atoms with Gasteiger partial charge in [0.1, 0.15) is 6.04 Å². The molecule has 1 saturated carbocycles. The third kappa shape index (κ3) is 4.61. The van der Waals surface area contributed by atoms with Gasteiger partial charge >= 0.3 is 0 Å². The number of rotatable bonds is 4. The van der Waals surface area contributed by atoms with Crippen molar-refractivity contribution in [3.63, 3.8) is 0 Å². The number of nitrogens with one attached hydrogen (secondary N) is 1. The summed E-state index contributed by atoms with van der Waals surface area (Å²) in [7, 11) is 1.99. The van der Waals surface area contributed by atoms with Crippen LogP contribution in [0.4, 0.5) is 0 Å². The Morgan fingerprint density at radius 3 is 2.41 bits per heavy atom. The molecule has 3 unspecified atom stereocenters. The van der Waals surface area contributed by atoms with Crippen molar-refractivity contribution >= 4 is 24.2 Å². The fraction of sp³-hybridized carbons (Fsp3) is 0.652. The molecule has 0 spiro atoms. The topological polar surface area (TPSA) is 52.7 Å². The Morgan fingerprint density at radius 1 is 1.03 bits per heavy atom. The highest BCUT2D eigenvalue weighted by molar-refractivity contribution is 5.98. The third-order valence-corrected chi connectivity index (χ3v) is 7.05. The Labute approximate surface area is 180 Å². The van der Waals surface area contributed by atoms with Gasteiger partial charge in [-0.2, -0.15) is 0 Å². The van der Waals surface area contributed by atoms with Gasteiger partial charge in [0.15, 0.2) is 0 Å². The van der Waals surface area contributed by atoms with E-state index in [1.807, 2.05) is 47.2 Å². The maximum absolute atomic E-state index is 13.5. The normalized spacial score (nSPS) is 27.3. The standard InChI is InChI=1S/C23H33N3O2.ClH/c1-24-16-17-11-13-25(14-12-17)23(28)21-15-19-9-5-6-10-20(19)26(21)22(27)18-7-3-2-4-8-18;/h2-4,7-8,17,19-21,24H,5-6,9-16H2,1H3;1H. The molecule has 160 valence electrons. The molecule has 6 heteroatoms. The van der Waals surface area contributed by atoms with Crippen LogP contribution < -0.4 is 5.32 Å². The molecule has 2 amide bonds. The Morgan fingerprint density at radius 2 is 1.72 bits per heavy atom. The van der Waals surface area contributed by atoms with E-state index in [0.717, 1.165) is 58.2 Å². The fourth-order valence-electron chi connectivity index (χ4n) is 5.56. The molecule has 2 aliphatic heterocycles. The average Bonchev–Trinajstić information content (AvgIpc) is 3.13. The summed E-state index contributed by atoms with van der Waals surface area (Å²) < 4.78 is 0. The van der Waals surface area contributed by atoms with Gasteiger partial charge in [-0.15, -0.1) is 12.4 Å². The zero-order chi connectivity index (χ0) is 19.5. The second-order valence-corrected chi connectivity index (χ2v) is 8.77. The first-order valence-corrected chi connectivity index (χ1v) is 11.0. The second kappa shape index (κ2) is 9.94. The minimum Gasteiger partial charge on any atom is -0.341 e. The van der Waals surface area contributed by atoms with Crippen LogP contribution in [-0.4, -0.2) is 60.4 Å². The van der Waals surface area contributed by atoms with Gasteiger partial charge in [0.25, 0.3) is 5.91 Å². The molecule has 1 aromatic carbocycles. The van der Waals surface area contributed by atoms with E-state index in [0.29, 0.717) is 17.4 Å². The lowest BCUT2D eigenvalue weighted by Crippen LogP contribution is -2.52. The fourth-order valence-corrected chi connectivity index (χ4v) is 5.56. The van der Waals surface area contributed by atoms with E-state index < -0.39 is 0 Å². The zero-order valence-electron chi connectivity index (χ0n) is 17.4. The maximum Gasteiger partial charge on any atom is 0.254 e. The number of carbonyl (C=O) groups is 2. The highest BCUT2D eigenvalue weighted by Gasteiger charge is 2.48. The smallest absolute Gasteiger partial charge is 0.254 e. The van der Waals surface area contributed by atoms with E-state index in [1.54, 1.807) is 0 Å². The number of hydrogen-bond donors (Lipinski definition) is 1. The van der Waals surface area contributed by atoms with E-state index in [4.69, 9.17) is 0 Å². The first-order chi connectivity index (χ1) is 13.7. The lowest BCUT2D eigenvalue weighted by molar-refractivity contribution is -0.137. The summed E-state index contributed by atoms with van der Waals surface area (Å²) in [6, 6.07) is 9.46. The Bertz CT molecular complexity index is 691. The number of nitrogens with zero attached hydrogens (tertiary/aromatic N) is 2. The molecule has 3 aliphatic rings. The number of carbonyl (C=O) groups excluding carboxylic acids is 2. The van der Waals surface area contributed by atoms with E-state index >= 15 is 0 Å². The van der Waals surface area contributed by atoms with E-state index in [2.05, 4.69) is 5.32 Å². The van der Waals surface area contributed by atoms with Crippen molar-refractivity contribution in [2.45, 2.75) is 57.0 Å². The molecule has 2 heterocycles. The van der Waals surface area contributed by atoms with Crippen LogP contribution in [0.25, 0.3) is 0 Å². The summed E-state index contributed by atoms with van der Waals surface area (Å²) in [6.45, 7) is 2.67. The lowest BCUT2D eigenvalue weighted by atomic mass is 9.84. The van der Waals surface area contributed by atoms with Crippen molar-refractivity contribution in [1.82, 2.24) is 15.1 Å². The Balaban J connectivity index is 0.00000240. The summed E-state index contributed by atoms with van der Waals surface area (Å²) in [5.41, 5.74) is 0.708. The quantitative estimate of drug-likeness (QED) is 0.814. The van der Waals surface area contributed by atoms with Gasteiger partial charge in [0.2, 0.25) is 5.91 Å². The molecule has 5 nitrogen and oxygen atoms in total. The van der Waals surface area contributed by atoms with Crippen molar-refractivity contribution < 1.29 is 9.59 Å². The van der Waals surface area contributed by atoms with Crippen LogP contribution in [0.1, 0.15) is 55.3 Å². The largest absolute Gasteiger partial charge is 0.341 e. The predicted molar refractivity (Wildman–Crippen MR) is 117 cm³/mol. The predicted octanol–water partition coefficient (Wildman–Crippen LogP) is 3.34. The molecule has 3 atom stereocenters. The monoisotopic (exact) mass is 419 g/mol. The summed E-state index contributed by atoms with van der Waals surface area (Å²) in [6.07, 6.45) is 7.53. The molecule has 29 heavy (non-hydrogen) atoms. The van der Waals surface area contributed by atoms with E-state index in [1.165, 1.54) is 6.42 Å². The van der Waals surface area contributed by atoms with Gasteiger partial charge in [-0.1, -0.05) is 31.0 Å². The molecule has 3 fully saturated rings. The van der Waals surface area contributed by atoms with Crippen molar-refractivity contribution in [3.8, 4) is 0 Å². The highest BCUT2D eigenvalue weighted by atomic mass is 35.5. The van der Waals surface area contributed by atoms with Crippen molar-refractivity contribution in [3.05, 3.63) is 35.9 Å². The van der Waals surface area contributed by atoms with E-state index in [9.17, 15) is 9.59 Å². The second-order valence-electron chi connectivity index (χ2n) is 8.77. The summed E-state index contributed by atoms with van der Waals surface area (Å²) in [4.78, 5) is 30.9. The van der Waals surface area contributed by atoms with Gasteiger partial charge < -0.3 is 15.1 Å². The SMILES string of the molecule is CNCC1CCN(C(=O)C2CC3CCCCC3N2C(=O)c2ccccc2)CC1.Cl. The van der Waals surface area contributed by atoms with Crippen molar-refractivity contribution in [2.75, 3.05) is 26.7 Å². The van der Waals surface area contributed by atoms with E-state index in [-0.39, 0.29) is 36.3 Å². The number of likely N-dealkylation sites (tertiary alicyclic amines) is 2. The number of hydrogen-bond acceptors (Lipinski definition) is 3. The summed E-state index contributed by atoms with van der Waals surface area (Å²) >= 11 is 0. The molecular formula is C23H34ClN3O2. The molecule has 0 bridgehead atoms. The van der Waals surface area contributed by atoms with Crippen LogP contribution >= 0.6 is 12.4 Å². The highest BCUT2D eigenvalue weighted by Crippen LogP contribution is 2.41. The molecule has 1 aromatic rings. The minimum atomic E-state index is -0.276. The van der Waals surface area contributed by atoms with Crippen LogP contribution in [0.3, 0.4) is 0 Å². The molecular weight excluding hydrogens is 386 g/mol. The Kier molecular flexibility index (Phi) is 7.58. The minimum absolute atomic E-state index is 0. The number of benzene rings is 1. The molecule has 1 aliphatic carbocycles. The van der Waals surface area contributed by atoms with Gasteiger partial charge in [0.05, 0.1) is 0 Å². The van der Waals surface area contributed by atoms with Gasteiger partial charge in [0, 0.05) is 24.7 Å². The third-order valence-electron chi connectivity index (χ3n) is 7.05. The van der Waals surface area contributed by atoms with Gasteiger partial charge in [-0.05, 0) is 69.7 Å². The van der Waals surface area contributed by atoms with Gasteiger partial charge in [-0.25, -0.2) is 0 Å². The van der Waals surface area contributed by atoms with Crippen LogP contribution in [0.5, 0.6) is 0 Å². The first kappa shape index (κ1) is 22.1.